The molecule has 1 aliphatic carbocycles. The summed E-state index contributed by atoms with van der Waals surface area (Å²) < 4.78 is 0. The van der Waals surface area contributed by atoms with Crippen molar-refractivity contribution in [2.24, 2.45) is 17.6 Å². The van der Waals surface area contributed by atoms with Crippen LogP contribution in [0.1, 0.15) is 35.2 Å². The fourth-order valence-corrected chi connectivity index (χ4v) is 4.68. The van der Waals surface area contributed by atoms with Gasteiger partial charge in [-0.3, -0.25) is 9.59 Å². The van der Waals surface area contributed by atoms with E-state index in [0.29, 0.717) is 12.1 Å². The SMILES string of the molecule is Cc1cc(C(=O)N2CCSCC2)ccc1NC(=O)[C@@H]1CCC[C@@H]1CN. The van der Waals surface area contributed by atoms with Crippen molar-refractivity contribution in [1.82, 2.24) is 4.90 Å². The zero-order valence-electron chi connectivity index (χ0n) is 14.8. The van der Waals surface area contributed by atoms with Crippen molar-refractivity contribution in [3.05, 3.63) is 29.3 Å². The number of thioether (sulfide) groups is 1. The lowest BCUT2D eigenvalue weighted by atomic mass is 9.95. The Labute approximate surface area is 153 Å². The van der Waals surface area contributed by atoms with E-state index >= 15 is 0 Å². The van der Waals surface area contributed by atoms with E-state index in [1.54, 1.807) is 0 Å². The van der Waals surface area contributed by atoms with Gasteiger partial charge in [0.25, 0.3) is 5.91 Å². The van der Waals surface area contributed by atoms with Crippen LogP contribution in [-0.4, -0.2) is 47.9 Å². The van der Waals surface area contributed by atoms with E-state index in [1.165, 1.54) is 0 Å². The topological polar surface area (TPSA) is 75.4 Å². The van der Waals surface area contributed by atoms with Crippen LogP contribution in [0, 0.1) is 18.8 Å². The third kappa shape index (κ3) is 4.18. The van der Waals surface area contributed by atoms with E-state index in [9.17, 15) is 9.59 Å². The largest absolute Gasteiger partial charge is 0.337 e. The Hall–Kier alpha value is -1.53. The molecule has 1 aliphatic heterocycles. The predicted octanol–water partition coefficient (Wildman–Crippen LogP) is 2.50. The summed E-state index contributed by atoms with van der Waals surface area (Å²) in [5.74, 6) is 2.45. The van der Waals surface area contributed by atoms with Crippen LogP contribution in [0.2, 0.25) is 0 Å². The van der Waals surface area contributed by atoms with Crippen LogP contribution in [0.25, 0.3) is 0 Å². The summed E-state index contributed by atoms with van der Waals surface area (Å²) >= 11 is 1.89. The van der Waals surface area contributed by atoms with Gasteiger partial charge in [0.1, 0.15) is 0 Å². The first-order valence-electron chi connectivity index (χ1n) is 9.08. The smallest absolute Gasteiger partial charge is 0.253 e. The molecule has 0 radical (unpaired) electrons. The summed E-state index contributed by atoms with van der Waals surface area (Å²) in [6.45, 7) is 4.12. The van der Waals surface area contributed by atoms with Crippen molar-refractivity contribution < 1.29 is 9.59 Å². The van der Waals surface area contributed by atoms with Gasteiger partial charge in [0.05, 0.1) is 0 Å². The minimum absolute atomic E-state index is 0.0107. The maximum Gasteiger partial charge on any atom is 0.253 e. The summed E-state index contributed by atoms with van der Waals surface area (Å²) in [6, 6.07) is 5.56. The lowest BCUT2D eigenvalue weighted by Crippen LogP contribution is -2.37. The Balaban J connectivity index is 1.67. The van der Waals surface area contributed by atoms with E-state index in [2.05, 4.69) is 5.32 Å². The zero-order valence-corrected chi connectivity index (χ0v) is 15.6. The Kier molecular flexibility index (Phi) is 6.02. The monoisotopic (exact) mass is 361 g/mol. The summed E-state index contributed by atoms with van der Waals surface area (Å²) in [4.78, 5) is 27.1. The number of carbonyl (C=O) groups is 2. The van der Waals surface area contributed by atoms with Gasteiger partial charge in [0.15, 0.2) is 0 Å². The molecule has 2 aliphatic rings. The molecule has 1 saturated carbocycles. The highest BCUT2D eigenvalue weighted by molar-refractivity contribution is 7.99. The number of nitrogens with zero attached hydrogens (tertiary/aromatic N) is 1. The molecule has 0 aromatic heterocycles. The number of anilines is 1. The number of nitrogens with two attached hydrogens (primary N) is 1. The van der Waals surface area contributed by atoms with E-state index in [0.717, 1.165) is 55.1 Å². The molecule has 1 saturated heterocycles. The van der Waals surface area contributed by atoms with Crippen molar-refractivity contribution in [3.8, 4) is 0 Å². The Bertz CT molecular complexity index is 644. The molecule has 25 heavy (non-hydrogen) atoms. The normalized spacial score (nSPS) is 23.5. The fraction of sp³-hybridized carbons (Fsp3) is 0.579. The first kappa shape index (κ1) is 18.3. The molecule has 6 heteroatoms. The van der Waals surface area contributed by atoms with Gasteiger partial charge in [-0.1, -0.05) is 6.42 Å². The second-order valence-electron chi connectivity index (χ2n) is 6.96. The highest BCUT2D eigenvalue weighted by Gasteiger charge is 2.32. The molecule has 0 bridgehead atoms. The van der Waals surface area contributed by atoms with E-state index in [4.69, 9.17) is 5.73 Å². The van der Waals surface area contributed by atoms with Crippen molar-refractivity contribution in [2.45, 2.75) is 26.2 Å². The number of hydrogen-bond acceptors (Lipinski definition) is 4. The quantitative estimate of drug-likeness (QED) is 0.864. The second kappa shape index (κ2) is 8.23. The summed E-state index contributed by atoms with van der Waals surface area (Å²) in [5, 5.41) is 3.04. The van der Waals surface area contributed by atoms with Crippen LogP contribution in [0.4, 0.5) is 5.69 Å². The number of benzene rings is 1. The lowest BCUT2D eigenvalue weighted by molar-refractivity contribution is -0.120. The van der Waals surface area contributed by atoms with E-state index in [-0.39, 0.29) is 23.7 Å². The van der Waals surface area contributed by atoms with Crippen molar-refractivity contribution >= 4 is 29.3 Å². The average molecular weight is 362 g/mol. The first-order valence-corrected chi connectivity index (χ1v) is 10.2. The second-order valence-corrected chi connectivity index (χ2v) is 8.18. The van der Waals surface area contributed by atoms with Gasteiger partial charge in [-0.15, -0.1) is 0 Å². The Morgan fingerprint density at radius 3 is 2.72 bits per heavy atom. The molecule has 1 aromatic rings. The van der Waals surface area contributed by atoms with Gasteiger partial charge in [-0.2, -0.15) is 11.8 Å². The summed E-state index contributed by atoms with van der Waals surface area (Å²) in [5.41, 5.74) is 8.20. The third-order valence-electron chi connectivity index (χ3n) is 5.33. The zero-order chi connectivity index (χ0) is 17.8. The Morgan fingerprint density at radius 1 is 1.28 bits per heavy atom. The van der Waals surface area contributed by atoms with Gasteiger partial charge < -0.3 is 16.0 Å². The molecule has 2 fully saturated rings. The predicted molar refractivity (Wildman–Crippen MR) is 103 cm³/mol. The number of amides is 2. The molecule has 2 amide bonds. The summed E-state index contributed by atoms with van der Waals surface area (Å²) in [6.07, 6.45) is 3.02. The molecular weight excluding hydrogens is 334 g/mol. The molecule has 0 unspecified atom stereocenters. The van der Waals surface area contributed by atoms with Gasteiger partial charge >= 0.3 is 0 Å². The van der Waals surface area contributed by atoms with Gasteiger partial charge in [0, 0.05) is 41.8 Å². The van der Waals surface area contributed by atoms with Gasteiger partial charge in [0.2, 0.25) is 5.91 Å². The average Bonchev–Trinajstić information content (AvgIpc) is 3.12. The fourth-order valence-electron chi connectivity index (χ4n) is 3.78. The highest BCUT2D eigenvalue weighted by Crippen LogP contribution is 2.32. The van der Waals surface area contributed by atoms with Crippen molar-refractivity contribution in [1.29, 1.82) is 0 Å². The standard InChI is InChI=1S/C19H27N3O2S/c1-13-11-14(19(24)22-7-9-25-10-8-22)5-6-17(13)21-18(23)16-4-2-3-15(16)12-20/h5-6,11,15-16H,2-4,7-10,12,20H2,1H3,(H,21,23)/t15-,16-/m1/s1. The van der Waals surface area contributed by atoms with Gasteiger partial charge in [-0.25, -0.2) is 0 Å². The lowest BCUT2D eigenvalue weighted by Gasteiger charge is -2.26. The number of nitrogens with one attached hydrogen (secondary N) is 1. The number of rotatable bonds is 4. The molecular formula is C19H27N3O2S. The van der Waals surface area contributed by atoms with Gasteiger partial charge in [-0.05, 0) is 56.0 Å². The number of aryl methyl sites for hydroxylation is 1. The molecule has 3 rings (SSSR count). The molecule has 5 nitrogen and oxygen atoms in total. The molecule has 136 valence electrons. The van der Waals surface area contributed by atoms with E-state index < -0.39 is 0 Å². The molecule has 1 aromatic carbocycles. The number of carbonyl (C=O) groups excluding carboxylic acids is 2. The minimum Gasteiger partial charge on any atom is -0.337 e. The molecule has 1 heterocycles. The highest BCUT2D eigenvalue weighted by atomic mass is 32.2. The molecule has 0 spiro atoms. The van der Waals surface area contributed by atoms with Crippen molar-refractivity contribution in [2.75, 3.05) is 36.5 Å². The van der Waals surface area contributed by atoms with Crippen LogP contribution >= 0.6 is 11.8 Å². The van der Waals surface area contributed by atoms with Crippen LogP contribution < -0.4 is 11.1 Å². The van der Waals surface area contributed by atoms with Crippen LogP contribution in [0.3, 0.4) is 0 Å². The van der Waals surface area contributed by atoms with E-state index in [1.807, 2.05) is 41.8 Å². The maximum absolute atomic E-state index is 12.6. The Morgan fingerprint density at radius 2 is 2.04 bits per heavy atom. The minimum atomic E-state index is 0.0107. The summed E-state index contributed by atoms with van der Waals surface area (Å²) in [7, 11) is 0. The van der Waals surface area contributed by atoms with Crippen molar-refractivity contribution in [3.63, 3.8) is 0 Å². The van der Waals surface area contributed by atoms with Crippen LogP contribution in [0.15, 0.2) is 18.2 Å². The molecule has 3 N–H and O–H groups in total. The first-order chi connectivity index (χ1) is 12.1. The van der Waals surface area contributed by atoms with Crippen LogP contribution in [-0.2, 0) is 4.79 Å². The van der Waals surface area contributed by atoms with Crippen LogP contribution in [0.5, 0.6) is 0 Å². The molecule has 2 atom stereocenters. The number of hydrogen-bond donors (Lipinski definition) is 2. The maximum atomic E-state index is 12.6. The third-order valence-corrected chi connectivity index (χ3v) is 6.27.